The van der Waals surface area contributed by atoms with Crippen LogP contribution in [0.2, 0.25) is 0 Å². The van der Waals surface area contributed by atoms with Crippen molar-refractivity contribution in [1.82, 2.24) is 5.32 Å². The molecule has 1 aliphatic rings. The first-order chi connectivity index (χ1) is 6.86. The van der Waals surface area contributed by atoms with Gasteiger partial charge >= 0.3 is 0 Å². The van der Waals surface area contributed by atoms with Gasteiger partial charge in [0.15, 0.2) is 11.5 Å². The van der Waals surface area contributed by atoms with Crippen LogP contribution in [0, 0.1) is 0 Å². The lowest BCUT2D eigenvalue weighted by atomic mass is 10.1. The second-order valence-electron chi connectivity index (χ2n) is 3.02. The molecule has 0 amide bonds. The molecule has 1 aliphatic heterocycles. The van der Waals surface area contributed by atoms with Crippen LogP contribution in [0.5, 0.6) is 17.2 Å². The zero-order chi connectivity index (χ0) is 9.97. The molecule has 1 N–H and O–H groups in total. The molecule has 0 aromatic heterocycles. The minimum Gasteiger partial charge on any atom is -0.492 e. The number of benzene rings is 1. The van der Waals surface area contributed by atoms with E-state index in [-0.39, 0.29) is 6.79 Å². The van der Waals surface area contributed by atoms with Crippen molar-refractivity contribution in [2.75, 3.05) is 21.0 Å². The second kappa shape index (κ2) is 3.75. The first-order valence-electron chi connectivity index (χ1n) is 4.47. The van der Waals surface area contributed by atoms with E-state index in [1.165, 1.54) is 0 Å². The molecule has 76 valence electrons. The van der Waals surface area contributed by atoms with Gasteiger partial charge in [0.2, 0.25) is 12.5 Å². The second-order valence-corrected chi connectivity index (χ2v) is 3.02. The Hall–Kier alpha value is -1.42. The normalized spacial score (nSPS) is 13.0. The molecule has 0 bridgehead atoms. The highest BCUT2D eigenvalue weighted by atomic mass is 16.7. The number of hydrogen-bond acceptors (Lipinski definition) is 4. The standard InChI is InChI=1S/C10H13NO3/c1-11-5-7-3-4-8-10(9(7)12-2)14-6-13-8/h3-4,11H,5-6H2,1-2H3. The first kappa shape index (κ1) is 9.15. The zero-order valence-corrected chi connectivity index (χ0v) is 8.29. The highest BCUT2D eigenvalue weighted by Crippen LogP contribution is 2.42. The van der Waals surface area contributed by atoms with Crippen molar-refractivity contribution in [2.45, 2.75) is 6.54 Å². The minimum atomic E-state index is 0.273. The van der Waals surface area contributed by atoms with Gasteiger partial charge in [-0.25, -0.2) is 0 Å². The smallest absolute Gasteiger partial charge is 0.231 e. The Morgan fingerprint density at radius 2 is 2.29 bits per heavy atom. The fourth-order valence-electron chi connectivity index (χ4n) is 1.54. The largest absolute Gasteiger partial charge is 0.492 e. The molecule has 0 fully saturated rings. The highest BCUT2D eigenvalue weighted by molar-refractivity contribution is 5.56. The summed E-state index contributed by atoms with van der Waals surface area (Å²) in [5, 5.41) is 3.07. The SMILES string of the molecule is CNCc1ccc2c(c1OC)OCO2. The third-order valence-electron chi connectivity index (χ3n) is 2.15. The average molecular weight is 195 g/mol. The monoisotopic (exact) mass is 195 g/mol. The van der Waals surface area contributed by atoms with Crippen LogP contribution in [0.25, 0.3) is 0 Å². The van der Waals surface area contributed by atoms with Crippen LogP contribution in [0.1, 0.15) is 5.56 Å². The Morgan fingerprint density at radius 1 is 1.43 bits per heavy atom. The topological polar surface area (TPSA) is 39.7 Å². The fraction of sp³-hybridized carbons (Fsp3) is 0.400. The van der Waals surface area contributed by atoms with Gasteiger partial charge in [-0.2, -0.15) is 0 Å². The molecule has 0 saturated carbocycles. The van der Waals surface area contributed by atoms with Crippen molar-refractivity contribution in [3.8, 4) is 17.2 Å². The third-order valence-corrected chi connectivity index (χ3v) is 2.15. The van der Waals surface area contributed by atoms with E-state index in [0.717, 1.165) is 23.6 Å². The summed E-state index contributed by atoms with van der Waals surface area (Å²) in [5.41, 5.74) is 1.07. The molecule has 0 saturated heterocycles. The Bertz CT molecular complexity index is 338. The van der Waals surface area contributed by atoms with Gasteiger partial charge in [0.1, 0.15) is 0 Å². The number of hydrogen-bond donors (Lipinski definition) is 1. The van der Waals surface area contributed by atoms with E-state index in [2.05, 4.69) is 5.32 Å². The van der Waals surface area contributed by atoms with Crippen molar-refractivity contribution >= 4 is 0 Å². The van der Waals surface area contributed by atoms with Gasteiger partial charge in [-0.15, -0.1) is 0 Å². The molecule has 0 unspecified atom stereocenters. The van der Waals surface area contributed by atoms with Crippen molar-refractivity contribution in [1.29, 1.82) is 0 Å². The van der Waals surface area contributed by atoms with E-state index in [9.17, 15) is 0 Å². The van der Waals surface area contributed by atoms with Gasteiger partial charge in [-0.05, 0) is 13.1 Å². The summed E-state index contributed by atoms with van der Waals surface area (Å²) in [6.07, 6.45) is 0. The molecule has 14 heavy (non-hydrogen) atoms. The third kappa shape index (κ3) is 1.37. The fourth-order valence-corrected chi connectivity index (χ4v) is 1.54. The summed E-state index contributed by atoms with van der Waals surface area (Å²) >= 11 is 0. The maximum Gasteiger partial charge on any atom is 0.231 e. The molecule has 1 heterocycles. The summed E-state index contributed by atoms with van der Waals surface area (Å²) in [5.74, 6) is 2.22. The van der Waals surface area contributed by atoms with Crippen LogP contribution < -0.4 is 19.5 Å². The first-order valence-corrected chi connectivity index (χ1v) is 4.47. The maximum atomic E-state index is 5.33. The van der Waals surface area contributed by atoms with E-state index < -0.39 is 0 Å². The molecular formula is C10H13NO3. The van der Waals surface area contributed by atoms with Crippen LogP contribution in [-0.2, 0) is 6.54 Å². The Kier molecular flexibility index (Phi) is 2.45. The molecular weight excluding hydrogens is 182 g/mol. The molecule has 4 heteroatoms. The van der Waals surface area contributed by atoms with Crippen LogP contribution in [0.4, 0.5) is 0 Å². The Morgan fingerprint density at radius 3 is 3.00 bits per heavy atom. The van der Waals surface area contributed by atoms with Gasteiger partial charge in [-0.3, -0.25) is 0 Å². The molecule has 0 spiro atoms. The van der Waals surface area contributed by atoms with Crippen molar-refractivity contribution in [2.24, 2.45) is 0 Å². The lowest BCUT2D eigenvalue weighted by molar-refractivity contribution is 0.171. The molecule has 1 aromatic carbocycles. The lowest BCUT2D eigenvalue weighted by Gasteiger charge is -2.10. The number of ether oxygens (including phenoxy) is 3. The van der Waals surface area contributed by atoms with Crippen molar-refractivity contribution in [3.63, 3.8) is 0 Å². The number of methoxy groups -OCH3 is 1. The van der Waals surface area contributed by atoms with Crippen LogP contribution in [0.3, 0.4) is 0 Å². The van der Waals surface area contributed by atoms with Gasteiger partial charge in [0.25, 0.3) is 0 Å². The van der Waals surface area contributed by atoms with Crippen LogP contribution >= 0.6 is 0 Å². The Labute approximate surface area is 82.8 Å². The predicted molar refractivity (Wildman–Crippen MR) is 51.9 cm³/mol. The Balaban J connectivity index is 2.43. The average Bonchev–Trinajstić information content (AvgIpc) is 2.66. The lowest BCUT2D eigenvalue weighted by Crippen LogP contribution is -2.06. The molecule has 4 nitrogen and oxygen atoms in total. The number of fused-ring (bicyclic) bond motifs is 1. The number of rotatable bonds is 3. The molecule has 1 aromatic rings. The quantitative estimate of drug-likeness (QED) is 0.785. The predicted octanol–water partition coefficient (Wildman–Crippen LogP) is 1.14. The summed E-state index contributed by atoms with van der Waals surface area (Å²) in [6, 6.07) is 3.88. The van der Waals surface area contributed by atoms with E-state index in [1.54, 1.807) is 7.11 Å². The van der Waals surface area contributed by atoms with Crippen LogP contribution in [0.15, 0.2) is 12.1 Å². The highest BCUT2D eigenvalue weighted by Gasteiger charge is 2.20. The molecule has 2 rings (SSSR count). The van der Waals surface area contributed by atoms with Gasteiger partial charge in [0.05, 0.1) is 7.11 Å². The van der Waals surface area contributed by atoms with E-state index in [0.29, 0.717) is 5.75 Å². The number of nitrogens with one attached hydrogen (secondary N) is 1. The van der Waals surface area contributed by atoms with E-state index in [1.807, 2.05) is 19.2 Å². The summed E-state index contributed by atoms with van der Waals surface area (Å²) in [7, 11) is 3.53. The minimum absolute atomic E-state index is 0.273. The molecule has 0 atom stereocenters. The summed E-state index contributed by atoms with van der Waals surface area (Å²) < 4.78 is 15.9. The molecule has 0 aliphatic carbocycles. The van der Waals surface area contributed by atoms with Gasteiger partial charge < -0.3 is 19.5 Å². The van der Waals surface area contributed by atoms with Gasteiger partial charge in [-0.1, -0.05) is 6.07 Å². The van der Waals surface area contributed by atoms with Crippen LogP contribution in [-0.4, -0.2) is 21.0 Å². The zero-order valence-electron chi connectivity index (χ0n) is 8.29. The molecule has 0 radical (unpaired) electrons. The van der Waals surface area contributed by atoms with Gasteiger partial charge in [0, 0.05) is 12.1 Å². The van der Waals surface area contributed by atoms with E-state index >= 15 is 0 Å². The maximum absolute atomic E-state index is 5.33. The summed E-state index contributed by atoms with van der Waals surface area (Å²) in [4.78, 5) is 0. The summed E-state index contributed by atoms with van der Waals surface area (Å²) in [6.45, 7) is 1.02. The van der Waals surface area contributed by atoms with E-state index in [4.69, 9.17) is 14.2 Å². The van der Waals surface area contributed by atoms with Crippen molar-refractivity contribution < 1.29 is 14.2 Å². The van der Waals surface area contributed by atoms with Crippen molar-refractivity contribution in [3.05, 3.63) is 17.7 Å².